The fraction of sp³-hybridized carbons (Fsp3) is 0.581. The van der Waals surface area contributed by atoms with Gasteiger partial charge in [-0.3, -0.25) is 30.1 Å². The Kier molecular flexibility index (Phi) is 16.9. The van der Waals surface area contributed by atoms with Crippen molar-refractivity contribution in [1.29, 1.82) is 0 Å². The van der Waals surface area contributed by atoms with E-state index >= 15 is 0 Å². The minimum absolute atomic E-state index is 0.204. The number of H-pyrrole nitrogens is 1. The first-order valence-electron chi connectivity index (χ1n) is 14.2. The van der Waals surface area contributed by atoms with Gasteiger partial charge in [0.25, 0.3) is 0 Å². The van der Waals surface area contributed by atoms with Crippen molar-refractivity contribution in [2.24, 2.45) is 42.7 Å². The summed E-state index contributed by atoms with van der Waals surface area (Å²) in [5, 5.41) is 10.3. The van der Waals surface area contributed by atoms with E-state index in [1.165, 1.54) is 11.4 Å². The fourth-order valence-corrected chi connectivity index (χ4v) is 3.15. The summed E-state index contributed by atoms with van der Waals surface area (Å²) in [6, 6.07) is 3.87. The number of aromatic nitrogens is 3. The van der Waals surface area contributed by atoms with Crippen LogP contribution in [0.1, 0.15) is 98.9 Å². The normalized spacial score (nSPS) is 15.0. The number of rotatable bonds is 5. The lowest BCUT2D eigenvalue weighted by Crippen LogP contribution is -2.05. The maximum atomic E-state index is 4.84. The van der Waals surface area contributed by atoms with Crippen molar-refractivity contribution in [3.8, 4) is 0 Å². The largest absolute Gasteiger partial charge is 0.361 e. The molecule has 5 rings (SSSR count). The Labute approximate surface area is 241 Å². The highest BCUT2D eigenvalue weighted by Gasteiger charge is 2.09. The van der Waals surface area contributed by atoms with Gasteiger partial charge in [-0.2, -0.15) is 5.10 Å². The van der Waals surface area contributed by atoms with Gasteiger partial charge in [-0.25, -0.2) is 0 Å². The highest BCUT2D eigenvalue weighted by molar-refractivity contribution is 6.32. The van der Waals surface area contributed by atoms with Crippen LogP contribution in [0.3, 0.4) is 0 Å². The molecule has 0 bridgehead atoms. The Morgan fingerprint density at radius 3 is 1.77 bits per heavy atom. The van der Waals surface area contributed by atoms with Crippen LogP contribution in [-0.4, -0.2) is 58.8 Å². The third-order valence-electron chi connectivity index (χ3n) is 5.73. The summed E-state index contributed by atoms with van der Waals surface area (Å²) in [5.41, 5.74) is 3.57. The molecule has 9 heteroatoms. The van der Waals surface area contributed by atoms with E-state index in [4.69, 9.17) is 4.52 Å². The van der Waals surface area contributed by atoms with E-state index in [2.05, 4.69) is 116 Å². The van der Waals surface area contributed by atoms with Crippen molar-refractivity contribution in [3.63, 3.8) is 0 Å². The van der Waals surface area contributed by atoms with Crippen LogP contribution >= 0.6 is 0 Å². The van der Waals surface area contributed by atoms with Crippen LogP contribution < -0.4 is 0 Å². The zero-order valence-corrected chi connectivity index (χ0v) is 26.1. The molecule has 0 atom stereocenters. The van der Waals surface area contributed by atoms with Crippen LogP contribution in [0.15, 0.2) is 65.8 Å². The second kappa shape index (κ2) is 19.6. The van der Waals surface area contributed by atoms with Gasteiger partial charge in [0, 0.05) is 60.9 Å². The van der Waals surface area contributed by atoms with E-state index in [0.29, 0.717) is 36.3 Å². The first kappa shape index (κ1) is 34.5. The first-order chi connectivity index (χ1) is 19.0. The van der Waals surface area contributed by atoms with Crippen molar-refractivity contribution < 1.29 is 4.52 Å². The lowest BCUT2D eigenvalue weighted by atomic mass is 10.1. The Hall–Kier alpha value is -3.49. The molecule has 0 aliphatic carbocycles. The summed E-state index contributed by atoms with van der Waals surface area (Å²) in [7, 11) is 0. The van der Waals surface area contributed by atoms with Crippen LogP contribution in [0.2, 0.25) is 0 Å². The molecule has 1 N–H and O–H groups in total. The number of aromatic amines is 1. The lowest BCUT2D eigenvalue weighted by Gasteiger charge is -2.05. The third-order valence-corrected chi connectivity index (χ3v) is 5.73. The number of hydrogen-bond donors (Lipinski definition) is 1. The van der Waals surface area contributed by atoms with E-state index in [-0.39, 0.29) is 6.17 Å². The quantitative estimate of drug-likeness (QED) is 0.413. The second-order valence-corrected chi connectivity index (χ2v) is 11.0. The summed E-state index contributed by atoms with van der Waals surface area (Å²) in [6.45, 7) is 21.8. The van der Waals surface area contributed by atoms with E-state index in [1.807, 2.05) is 24.6 Å². The van der Waals surface area contributed by atoms with Gasteiger partial charge in [-0.05, 0) is 29.7 Å². The number of nitrogens with zero attached hydrogens (tertiary/aromatic N) is 7. The van der Waals surface area contributed by atoms with Crippen LogP contribution in [0.4, 0.5) is 0 Å². The predicted octanol–water partition coefficient (Wildman–Crippen LogP) is 7.58. The van der Waals surface area contributed by atoms with Gasteiger partial charge in [0.15, 0.2) is 0 Å². The monoisotopic (exact) mass is 550 g/mol. The summed E-state index contributed by atoms with van der Waals surface area (Å²) < 4.78 is 4.84. The molecule has 3 aliphatic heterocycles. The predicted molar refractivity (Wildman–Crippen MR) is 171 cm³/mol. The molecule has 5 heterocycles. The molecule has 3 aliphatic rings. The maximum Gasteiger partial charge on any atom is 0.141 e. The number of nitrogens with one attached hydrogen (secondary N) is 1. The molecular weight excluding hydrogens is 500 g/mol. The maximum absolute atomic E-state index is 4.84. The molecule has 0 unspecified atom stereocenters. The Morgan fingerprint density at radius 2 is 1.52 bits per heavy atom. The molecule has 0 aromatic carbocycles. The van der Waals surface area contributed by atoms with Gasteiger partial charge >= 0.3 is 0 Å². The molecule has 40 heavy (non-hydrogen) atoms. The standard InChI is InChI=1S/C7H11N.3C6H10N2.C6H9NO/c1-6(2)7-4-3-5-8-7;1-5(2)6-3-7-4-8-6;1-5(2)6-7-3-4-8-6;2*1-5(2)6-3-4-7-8-6/h4-6H,3H2,1-2H3;3,5H,4H2,1-2H3;3-6H,1-2H3;3-5H,1-2H3,(H,7,8);3-5H,1-2H3. The second-order valence-electron chi connectivity index (χ2n) is 11.0. The molecule has 9 nitrogen and oxygen atoms in total. The van der Waals surface area contributed by atoms with Crippen LogP contribution in [0.5, 0.6) is 0 Å². The molecule has 0 radical (unpaired) electrons. The van der Waals surface area contributed by atoms with Gasteiger partial charge in [0.1, 0.15) is 18.6 Å². The molecule has 2 aromatic rings. The zero-order chi connectivity index (χ0) is 29.9. The van der Waals surface area contributed by atoms with Crippen LogP contribution in [-0.2, 0) is 0 Å². The molecule has 0 saturated heterocycles. The summed E-state index contributed by atoms with van der Waals surface area (Å²) in [6.07, 6.45) is 14.2. The summed E-state index contributed by atoms with van der Waals surface area (Å²) in [5.74, 6) is 3.67. The van der Waals surface area contributed by atoms with Gasteiger partial charge in [-0.15, -0.1) is 0 Å². The van der Waals surface area contributed by atoms with Crippen molar-refractivity contribution in [1.82, 2.24) is 15.4 Å². The van der Waals surface area contributed by atoms with Crippen LogP contribution in [0, 0.1) is 17.8 Å². The molecule has 0 spiro atoms. The Balaban J connectivity index is 0.000000250. The van der Waals surface area contributed by atoms with Crippen molar-refractivity contribution in [2.45, 2.75) is 93.7 Å². The van der Waals surface area contributed by atoms with Gasteiger partial charge in [0.05, 0.1) is 11.9 Å². The van der Waals surface area contributed by atoms with Crippen molar-refractivity contribution >= 4 is 30.6 Å². The molecule has 220 valence electrons. The lowest BCUT2D eigenvalue weighted by molar-refractivity contribution is 0.371. The SMILES string of the molecule is CC(C)C1=CCC=N1.CC(C)C1=NCN=C1.CC(C)C1N=CC=N1.CC(C)c1ccn[nH]1.CC(C)c1ccno1. The average Bonchev–Trinajstić information content (AvgIpc) is 3.74. The van der Waals surface area contributed by atoms with E-state index in [0.717, 1.165) is 17.9 Å². The Bertz CT molecular complexity index is 1000. The van der Waals surface area contributed by atoms with Crippen molar-refractivity contribution in [2.75, 3.05) is 6.67 Å². The molecule has 0 saturated carbocycles. The number of allylic oxidation sites excluding steroid dienone is 2. The summed E-state index contributed by atoms with van der Waals surface area (Å²) >= 11 is 0. The van der Waals surface area contributed by atoms with E-state index < -0.39 is 0 Å². The van der Waals surface area contributed by atoms with E-state index in [9.17, 15) is 0 Å². The molecule has 2 aromatic heterocycles. The topological polar surface area (TPSA) is 117 Å². The molecule has 0 fully saturated rings. The Morgan fingerprint density at radius 1 is 0.825 bits per heavy atom. The number of aliphatic imine (C=N–C) groups is 5. The van der Waals surface area contributed by atoms with Gasteiger partial charge < -0.3 is 4.52 Å². The highest BCUT2D eigenvalue weighted by Crippen LogP contribution is 2.14. The zero-order valence-electron chi connectivity index (χ0n) is 26.1. The van der Waals surface area contributed by atoms with E-state index in [1.54, 1.807) is 24.8 Å². The third kappa shape index (κ3) is 14.6. The van der Waals surface area contributed by atoms with Crippen LogP contribution in [0.25, 0.3) is 0 Å². The fourth-order valence-electron chi connectivity index (χ4n) is 3.15. The molecule has 0 amide bonds. The smallest absolute Gasteiger partial charge is 0.141 e. The highest BCUT2D eigenvalue weighted by atomic mass is 16.5. The minimum atomic E-state index is 0.204. The summed E-state index contributed by atoms with van der Waals surface area (Å²) in [4.78, 5) is 20.4. The van der Waals surface area contributed by atoms with Gasteiger partial charge in [0.2, 0.25) is 0 Å². The van der Waals surface area contributed by atoms with Gasteiger partial charge in [-0.1, -0.05) is 80.5 Å². The molecular formula is C31H50N8O. The number of hydrogen-bond acceptors (Lipinski definition) is 8. The van der Waals surface area contributed by atoms with Crippen molar-refractivity contribution in [3.05, 3.63) is 47.8 Å². The first-order valence-corrected chi connectivity index (χ1v) is 14.2. The average molecular weight is 551 g/mol. The minimum Gasteiger partial charge on any atom is -0.361 e.